The average molecular weight is 1430 g/mol. The summed E-state index contributed by atoms with van der Waals surface area (Å²) in [6.07, 6.45) is -34.8. The molecule has 0 aliphatic heterocycles. The second-order valence-corrected chi connectivity index (χ2v) is 27.3. The van der Waals surface area contributed by atoms with Gasteiger partial charge in [-0.3, -0.25) is 4.21 Å². The van der Waals surface area contributed by atoms with E-state index in [-0.39, 0.29) is 55.6 Å². The number of aliphatic hydroxyl groups is 6. The van der Waals surface area contributed by atoms with E-state index < -0.39 is 179 Å². The van der Waals surface area contributed by atoms with Crippen LogP contribution in [-0.2, 0) is 57.4 Å². The van der Waals surface area contributed by atoms with E-state index in [0.29, 0.717) is 44.9 Å². The van der Waals surface area contributed by atoms with E-state index in [1.54, 1.807) is 48.5 Å². The largest absolute Gasteiger partial charge is 0.461 e. The van der Waals surface area contributed by atoms with Gasteiger partial charge in [0.2, 0.25) is 0 Å². The maximum atomic E-state index is 13.1. The summed E-state index contributed by atoms with van der Waals surface area (Å²) in [5.41, 5.74) is -14.7. The molecule has 18 nitrogen and oxygen atoms in total. The minimum Gasteiger partial charge on any atom is -0.461 e. The van der Waals surface area contributed by atoms with E-state index >= 15 is 0 Å². The molecule has 558 valence electrons. The smallest absolute Gasteiger partial charge is 0.426 e. The highest BCUT2D eigenvalue weighted by atomic mass is 32.2. The van der Waals surface area contributed by atoms with Crippen LogP contribution in [0.25, 0.3) is 0 Å². The summed E-state index contributed by atoms with van der Waals surface area (Å²) < 4.78 is 232. The van der Waals surface area contributed by atoms with Crippen molar-refractivity contribution in [3.63, 3.8) is 0 Å². The maximum absolute atomic E-state index is 13.1. The fraction of sp³-hybridized carbons (Fsp3) is 0.738. The molecule has 0 spiro atoms. The number of nitrogens with one attached hydrogen (secondary N) is 1. The number of hydrogen-bond donors (Lipinski definition) is 7. The molecule has 2 saturated carbocycles. The van der Waals surface area contributed by atoms with Gasteiger partial charge in [0.1, 0.15) is 31.0 Å². The molecule has 0 radical (unpaired) electrons. The lowest BCUT2D eigenvalue weighted by Crippen LogP contribution is -2.65. The van der Waals surface area contributed by atoms with Gasteiger partial charge in [-0.05, 0) is 133 Å². The van der Waals surface area contributed by atoms with Crippen LogP contribution in [0.1, 0.15) is 155 Å². The average Bonchev–Trinajstić information content (AvgIpc) is 0.748. The number of alkyl halides is 15. The molecule has 0 amide bonds. The predicted molar refractivity (Wildman–Crippen MR) is 322 cm³/mol. The van der Waals surface area contributed by atoms with Gasteiger partial charge in [-0.1, -0.05) is 54.2 Å². The minimum absolute atomic E-state index is 0. The molecule has 0 heterocycles. The summed E-state index contributed by atoms with van der Waals surface area (Å²) >= 11 is 0. The Balaban J connectivity index is -0.000000558. The molecule has 0 aromatic carbocycles. The van der Waals surface area contributed by atoms with E-state index in [1.165, 1.54) is 27.0 Å². The zero-order valence-corrected chi connectivity index (χ0v) is 55.8. The van der Waals surface area contributed by atoms with Crippen molar-refractivity contribution in [1.82, 2.24) is 4.72 Å². The summed E-state index contributed by atoms with van der Waals surface area (Å²) in [7, 11) is -2.21. The van der Waals surface area contributed by atoms with Crippen LogP contribution in [0.2, 0.25) is 0 Å². The fourth-order valence-electron chi connectivity index (χ4n) is 8.56. The Hall–Kier alpha value is -5.26. The highest BCUT2D eigenvalue weighted by molar-refractivity contribution is 7.97. The van der Waals surface area contributed by atoms with Crippen molar-refractivity contribution >= 4 is 45.4 Å². The molecule has 11 atom stereocenters. The van der Waals surface area contributed by atoms with Gasteiger partial charge in [-0.25, -0.2) is 28.7 Å². The highest BCUT2D eigenvalue weighted by Crippen LogP contribution is 2.53. The molecule has 2 rings (SSSR count). The van der Waals surface area contributed by atoms with Gasteiger partial charge in [-0.2, -0.15) is 65.9 Å². The lowest BCUT2D eigenvalue weighted by atomic mass is 9.67. The first-order chi connectivity index (χ1) is 41.5. The van der Waals surface area contributed by atoms with Crippen LogP contribution in [0, 0.1) is 23.7 Å². The van der Waals surface area contributed by atoms with Crippen molar-refractivity contribution in [2.45, 2.75) is 245 Å². The number of aliphatic hydroxyl groups excluding tert-OH is 1. The van der Waals surface area contributed by atoms with Crippen molar-refractivity contribution in [2.75, 3.05) is 19.4 Å². The summed E-state index contributed by atoms with van der Waals surface area (Å²) in [4.78, 5) is 56.2. The van der Waals surface area contributed by atoms with Gasteiger partial charge in [-0.15, -0.1) is 0 Å². The number of rotatable bonds is 22. The van der Waals surface area contributed by atoms with Gasteiger partial charge < -0.3 is 54.3 Å². The molecular formula is C61H96F15NO17S. The monoisotopic (exact) mass is 1430 g/mol. The Morgan fingerprint density at radius 1 is 0.537 bits per heavy atom. The first-order valence-corrected chi connectivity index (χ1v) is 30.7. The van der Waals surface area contributed by atoms with Gasteiger partial charge in [0.25, 0.3) is 5.60 Å². The molecule has 0 aromatic rings. The summed E-state index contributed by atoms with van der Waals surface area (Å²) in [5.74, 6) is -6.09. The molecule has 0 saturated heterocycles. The minimum atomic E-state index is -6.04. The quantitative estimate of drug-likeness (QED) is 0.0132. The molecule has 34 heteroatoms. The zero-order chi connectivity index (χ0) is 75.5. The number of halogens is 15. The van der Waals surface area contributed by atoms with Crippen molar-refractivity contribution in [3.8, 4) is 0 Å². The summed E-state index contributed by atoms with van der Waals surface area (Å²) in [5, 5.41) is 57.6. The summed E-state index contributed by atoms with van der Waals surface area (Å²) in [6, 6.07) is 0. The van der Waals surface area contributed by atoms with Crippen LogP contribution in [0.5, 0.6) is 0 Å². The Morgan fingerprint density at radius 3 is 1.22 bits per heavy atom. The van der Waals surface area contributed by atoms with Crippen molar-refractivity contribution in [2.24, 2.45) is 23.7 Å². The molecule has 0 aromatic heterocycles. The van der Waals surface area contributed by atoms with Crippen LogP contribution in [-0.4, -0.2) is 179 Å². The van der Waals surface area contributed by atoms with E-state index in [9.17, 15) is 125 Å². The summed E-state index contributed by atoms with van der Waals surface area (Å²) in [6.45, 7) is 34.7. The van der Waals surface area contributed by atoms with Crippen molar-refractivity contribution in [3.05, 3.63) is 60.8 Å². The SMILES string of the molecule is C.C=C(C)C(=O)OC(C)CC(C)(C)O.C=C(C)C(=O)OC(CC(C)C)CC(C)(O)C(F)(F)F.C=C(C)C(=O)OC1CC(C(C)(O)C(F)(F)F)CC(C(C)(O)C(F)(F)F)C1.C=C(C)C(=O)OC1CCC(O)C(C(O)(C(F)(F)F)C(F)(F)F)C1.C=C(C)C(=O)OCCNS(=C)(C)=O. The van der Waals surface area contributed by atoms with E-state index in [2.05, 4.69) is 43.5 Å². The first-order valence-electron chi connectivity index (χ1n) is 28.5. The molecule has 7 N–H and O–H groups in total. The zero-order valence-electron chi connectivity index (χ0n) is 55.0. The van der Waals surface area contributed by atoms with Crippen LogP contribution in [0.4, 0.5) is 65.9 Å². The molecule has 0 bridgehead atoms. The van der Waals surface area contributed by atoms with Gasteiger partial charge in [0, 0.05) is 81.0 Å². The normalized spacial score (nSPS) is 21.8. The lowest BCUT2D eigenvalue weighted by Gasteiger charge is -2.46. The standard InChI is InChI=1S/C16H22F6O4.C13H16F6O4.C13H21F3O3.C10H18O3.C8H15NO3S.CH4/c1-8(2)12(23)26-11-6-9(13(3,24)15(17,18)19)5-10(7-11)14(4,25)16(20,21)22;1-6(2)10(21)23-7-3-4-9(20)8(5-7)11(22,12(14,15)16)13(17,18)19;1-8(2)6-10(19-11(17)9(3)4)7-12(5,18)13(14,15)16;1-7(2)9(11)13-8(3)6-10(4,5)12;1-7(2)8(10)12-6-5-9-13(3,4)11;/h9-11,24-25H,1,5-7H2,2-4H3;7-9,20,22H,1,3-5H2,2H3;8,10,18H,3,6-7H2,1-2,4-5H3;8,12H,1,6H2,2-5H3;1,3,5-6H2,2,4H3,(H,9,11);1H4. The van der Waals surface area contributed by atoms with E-state index in [1.807, 2.05) is 0 Å². The third-order valence-corrected chi connectivity index (χ3v) is 14.8. The van der Waals surface area contributed by atoms with Gasteiger partial charge >= 0.3 is 60.7 Å². The van der Waals surface area contributed by atoms with Gasteiger partial charge in [0.15, 0.2) is 16.8 Å². The number of hydrogen-bond acceptors (Lipinski definition) is 17. The highest BCUT2D eigenvalue weighted by Gasteiger charge is 2.75. The first kappa shape index (κ1) is 96.1. The number of carbonyl (C=O) groups is 5. The van der Waals surface area contributed by atoms with Crippen LogP contribution in [0.15, 0.2) is 60.8 Å². The molecule has 2 fully saturated rings. The lowest BCUT2D eigenvalue weighted by molar-refractivity contribution is -0.394. The Kier molecular flexibility index (Phi) is 38.1. The van der Waals surface area contributed by atoms with Crippen LogP contribution in [0.3, 0.4) is 0 Å². The molecule has 2 aliphatic carbocycles. The number of esters is 5. The van der Waals surface area contributed by atoms with E-state index in [0.717, 1.165) is 0 Å². The number of ether oxygens (including phenoxy) is 5. The van der Waals surface area contributed by atoms with E-state index in [4.69, 9.17) is 23.7 Å². The molecule has 95 heavy (non-hydrogen) atoms. The predicted octanol–water partition coefficient (Wildman–Crippen LogP) is 11.5. The Bertz CT molecular complexity index is 2630. The third kappa shape index (κ3) is 33.7. The molecular weight excluding hydrogens is 1340 g/mol. The van der Waals surface area contributed by atoms with Crippen LogP contribution >= 0.6 is 0 Å². The molecule has 2 aliphatic rings. The second-order valence-electron chi connectivity index (χ2n) is 25.0. The third-order valence-electron chi connectivity index (χ3n) is 13.9. The van der Waals surface area contributed by atoms with Crippen molar-refractivity contribution < 1.29 is 148 Å². The topological polar surface area (TPSA) is 282 Å². The Labute approximate surface area is 545 Å². The van der Waals surface area contributed by atoms with Crippen LogP contribution < -0.4 is 4.72 Å². The van der Waals surface area contributed by atoms with Gasteiger partial charge in [0.05, 0.1) is 11.7 Å². The second kappa shape index (κ2) is 37.6. The molecule has 11 unspecified atom stereocenters. The fourth-order valence-corrected chi connectivity index (χ4v) is 9.08. The Morgan fingerprint density at radius 2 is 0.905 bits per heavy atom. The van der Waals surface area contributed by atoms with Crippen molar-refractivity contribution in [1.29, 1.82) is 0 Å². The number of carbonyl (C=O) groups excluding carboxylic acids is 5. The maximum Gasteiger partial charge on any atom is 0.426 e.